The normalized spacial score (nSPS) is 18.1. The van der Waals surface area contributed by atoms with Gasteiger partial charge in [0.15, 0.2) is 5.72 Å². The topological polar surface area (TPSA) is 59.0 Å². The number of fused-ring (bicyclic) bond motifs is 1. The van der Waals surface area contributed by atoms with Gasteiger partial charge in [-0.1, -0.05) is 42.5 Å². The maximum atomic E-state index is 13.2. The van der Waals surface area contributed by atoms with Crippen LogP contribution in [-0.4, -0.2) is 30.1 Å². The molecule has 0 aliphatic carbocycles. The van der Waals surface area contributed by atoms with Crippen molar-refractivity contribution in [1.82, 2.24) is 4.90 Å². The summed E-state index contributed by atoms with van der Waals surface area (Å²) in [4.78, 5) is 14.7. The fraction of sp³-hybridized carbons (Fsp3) is 0.174. The minimum Gasteiger partial charge on any atom is -0.497 e. The molecule has 1 atom stereocenters. The van der Waals surface area contributed by atoms with Gasteiger partial charge in [-0.15, -0.1) is 0 Å². The van der Waals surface area contributed by atoms with Crippen molar-refractivity contribution >= 4 is 5.91 Å². The lowest BCUT2D eigenvalue weighted by Gasteiger charge is -2.35. The van der Waals surface area contributed by atoms with Crippen LogP contribution in [0, 0.1) is 0 Å². The number of aliphatic hydroxyl groups is 1. The van der Waals surface area contributed by atoms with E-state index in [4.69, 9.17) is 9.47 Å². The quantitative estimate of drug-likeness (QED) is 0.741. The summed E-state index contributed by atoms with van der Waals surface area (Å²) in [6, 6.07) is 21.8. The Kier molecular flexibility index (Phi) is 4.53. The van der Waals surface area contributed by atoms with Crippen LogP contribution in [0.15, 0.2) is 72.8 Å². The van der Waals surface area contributed by atoms with Crippen LogP contribution in [0.25, 0.3) is 0 Å². The van der Waals surface area contributed by atoms with Gasteiger partial charge in [0, 0.05) is 23.2 Å². The molecular weight excluding hydrogens is 354 g/mol. The highest BCUT2D eigenvalue weighted by atomic mass is 16.5. The van der Waals surface area contributed by atoms with E-state index in [0.717, 1.165) is 5.56 Å². The third-order valence-corrected chi connectivity index (χ3v) is 5.14. The van der Waals surface area contributed by atoms with Gasteiger partial charge in [0.05, 0.1) is 14.2 Å². The maximum absolute atomic E-state index is 13.2. The molecule has 0 spiro atoms. The van der Waals surface area contributed by atoms with Crippen molar-refractivity contribution < 1.29 is 19.4 Å². The van der Waals surface area contributed by atoms with Crippen LogP contribution in [0.4, 0.5) is 0 Å². The Morgan fingerprint density at radius 2 is 1.61 bits per heavy atom. The van der Waals surface area contributed by atoms with Gasteiger partial charge < -0.3 is 14.6 Å². The molecule has 5 heteroatoms. The molecule has 0 fully saturated rings. The lowest BCUT2D eigenvalue weighted by molar-refractivity contribution is -0.0543. The zero-order chi connectivity index (χ0) is 19.7. The van der Waals surface area contributed by atoms with E-state index in [-0.39, 0.29) is 12.5 Å². The molecule has 1 aliphatic heterocycles. The van der Waals surface area contributed by atoms with Gasteiger partial charge in [-0.3, -0.25) is 9.69 Å². The average molecular weight is 375 g/mol. The van der Waals surface area contributed by atoms with Crippen molar-refractivity contribution in [2.75, 3.05) is 14.2 Å². The van der Waals surface area contributed by atoms with Gasteiger partial charge >= 0.3 is 0 Å². The molecular formula is C23H21NO4. The number of hydrogen-bond donors (Lipinski definition) is 1. The van der Waals surface area contributed by atoms with E-state index in [1.54, 1.807) is 56.7 Å². The summed E-state index contributed by atoms with van der Waals surface area (Å²) in [5.74, 6) is 1.18. The van der Waals surface area contributed by atoms with Crippen LogP contribution in [0.2, 0.25) is 0 Å². The van der Waals surface area contributed by atoms with Crippen molar-refractivity contribution in [3.05, 3.63) is 95.1 Å². The van der Waals surface area contributed by atoms with Crippen LogP contribution in [-0.2, 0) is 12.3 Å². The second-order valence-corrected chi connectivity index (χ2v) is 6.69. The second kappa shape index (κ2) is 7.02. The molecule has 4 rings (SSSR count). The number of rotatable bonds is 5. The predicted molar refractivity (Wildman–Crippen MR) is 105 cm³/mol. The minimum absolute atomic E-state index is 0.211. The summed E-state index contributed by atoms with van der Waals surface area (Å²) in [6.07, 6.45) is 0. The number of carbonyl (C=O) groups excluding carboxylic acids is 1. The highest BCUT2D eigenvalue weighted by Crippen LogP contribution is 2.43. The van der Waals surface area contributed by atoms with Crippen molar-refractivity contribution in [2.24, 2.45) is 0 Å². The molecule has 0 bridgehead atoms. The van der Waals surface area contributed by atoms with Crippen LogP contribution in [0.5, 0.6) is 11.5 Å². The van der Waals surface area contributed by atoms with Crippen LogP contribution in [0.3, 0.4) is 0 Å². The number of amides is 1. The molecule has 0 saturated heterocycles. The van der Waals surface area contributed by atoms with Crippen molar-refractivity contribution in [3.63, 3.8) is 0 Å². The summed E-state index contributed by atoms with van der Waals surface area (Å²) < 4.78 is 10.5. The number of nitrogens with zero attached hydrogens (tertiary/aromatic N) is 1. The minimum atomic E-state index is -1.57. The van der Waals surface area contributed by atoms with Crippen LogP contribution >= 0.6 is 0 Å². The zero-order valence-corrected chi connectivity index (χ0v) is 15.8. The lowest BCUT2D eigenvalue weighted by atomic mass is 9.93. The predicted octanol–water partition coefficient (Wildman–Crippen LogP) is 3.55. The summed E-state index contributed by atoms with van der Waals surface area (Å²) in [6.45, 7) is 0.243. The Balaban J connectivity index is 1.82. The Morgan fingerprint density at radius 3 is 2.32 bits per heavy atom. The smallest absolute Gasteiger partial charge is 0.257 e. The third kappa shape index (κ3) is 2.80. The first kappa shape index (κ1) is 18.1. The molecule has 3 aromatic rings. The summed E-state index contributed by atoms with van der Waals surface area (Å²) in [7, 11) is 3.19. The van der Waals surface area contributed by atoms with Crippen molar-refractivity contribution in [2.45, 2.75) is 12.3 Å². The molecule has 1 aliphatic rings. The first-order chi connectivity index (χ1) is 13.6. The number of benzene rings is 3. The van der Waals surface area contributed by atoms with E-state index in [2.05, 4.69) is 0 Å². The van der Waals surface area contributed by atoms with Crippen LogP contribution < -0.4 is 9.47 Å². The summed E-state index contributed by atoms with van der Waals surface area (Å²) in [5.41, 5.74) is 0.988. The Labute approximate surface area is 163 Å². The molecule has 0 aromatic heterocycles. The highest BCUT2D eigenvalue weighted by molar-refractivity contribution is 6.00. The van der Waals surface area contributed by atoms with E-state index < -0.39 is 5.72 Å². The van der Waals surface area contributed by atoms with E-state index in [0.29, 0.717) is 28.2 Å². The molecule has 1 heterocycles. The molecule has 3 aromatic carbocycles. The number of hydrogen-bond acceptors (Lipinski definition) is 4. The molecule has 0 radical (unpaired) electrons. The maximum Gasteiger partial charge on any atom is 0.257 e. The molecule has 142 valence electrons. The summed E-state index contributed by atoms with van der Waals surface area (Å²) in [5, 5.41) is 11.8. The summed E-state index contributed by atoms with van der Waals surface area (Å²) >= 11 is 0. The Hall–Kier alpha value is -3.31. The van der Waals surface area contributed by atoms with E-state index in [1.807, 2.05) is 30.3 Å². The van der Waals surface area contributed by atoms with E-state index >= 15 is 0 Å². The van der Waals surface area contributed by atoms with Gasteiger partial charge in [0.1, 0.15) is 11.5 Å². The number of ether oxygens (including phenoxy) is 2. The lowest BCUT2D eigenvalue weighted by Crippen LogP contribution is -2.44. The van der Waals surface area contributed by atoms with Gasteiger partial charge in [0.2, 0.25) is 0 Å². The fourth-order valence-electron chi connectivity index (χ4n) is 3.69. The standard InChI is InChI=1S/C23H21NO4/c1-27-18-12-10-17(11-13-18)23(26)21-9-4-3-8-20(21)22(25)24(23)15-16-6-5-7-19(14-16)28-2/h3-14,26H,15H2,1-2H3. The van der Waals surface area contributed by atoms with Gasteiger partial charge in [0.25, 0.3) is 5.91 Å². The second-order valence-electron chi connectivity index (χ2n) is 6.69. The molecule has 5 nitrogen and oxygen atoms in total. The first-order valence-corrected chi connectivity index (χ1v) is 8.99. The third-order valence-electron chi connectivity index (χ3n) is 5.14. The van der Waals surface area contributed by atoms with Gasteiger partial charge in [-0.05, 0) is 35.9 Å². The van der Waals surface area contributed by atoms with Crippen molar-refractivity contribution in [3.8, 4) is 11.5 Å². The van der Waals surface area contributed by atoms with Gasteiger partial charge in [-0.25, -0.2) is 0 Å². The van der Waals surface area contributed by atoms with E-state index in [9.17, 15) is 9.90 Å². The molecule has 1 unspecified atom stereocenters. The first-order valence-electron chi connectivity index (χ1n) is 8.99. The van der Waals surface area contributed by atoms with Crippen molar-refractivity contribution in [1.29, 1.82) is 0 Å². The SMILES string of the molecule is COc1ccc(C2(O)c3ccccc3C(=O)N2Cc2cccc(OC)c2)cc1. The molecule has 28 heavy (non-hydrogen) atoms. The highest BCUT2D eigenvalue weighted by Gasteiger charge is 2.49. The fourth-order valence-corrected chi connectivity index (χ4v) is 3.69. The Morgan fingerprint density at radius 1 is 0.893 bits per heavy atom. The number of carbonyl (C=O) groups is 1. The van der Waals surface area contributed by atoms with Gasteiger partial charge in [-0.2, -0.15) is 0 Å². The largest absolute Gasteiger partial charge is 0.497 e. The Bertz CT molecular complexity index is 1020. The molecule has 1 N–H and O–H groups in total. The van der Waals surface area contributed by atoms with E-state index in [1.165, 1.54) is 4.90 Å². The van der Waals surface area contributed by atoms with Crippen LogP contribution in [0.1, 0.15) is 27.0 Å². The average Bonchev–Trinajstić information content (AvgIpc) is 2.97. The number of methoxy groups -OCH3 is 2. The molecule has 0 saturated carbocycles. The molecule has 1 amide bonds. The zero-order valence-electron chi connectivity index (χ0n) is 15.8. The monoisotopic (exact) mass is 375 g/mol.